The second kappa shape index (κ2) is 3.20. The fourth-order valence-corrected chi connectivity index (χ4v) is 0.841. The van der Waals surface area contributed by atoms with Crippen LogP contribution in [0, 0.1) is 13.8 Å². The molecule has 1 heterocycles. The molecule has 0 fully saturated rings. The lowest BCUT2D eigenvalue weighted by atomic mass is 10.3. The molecule has 0 aliphatic rings. The van der Waals surface area contributed by atoms with Crippen molar-refractivity contribution in [1.29, 1.82) is 0 Å². The molecule has 0 aromatic carbocycles. The third-order valence-electron chi connectivity index (χ3n) is 1.60. The molecule has 0 unspecified atom stereocenters. The molecule has 1 aromatic rings. The summed E-state index contributed by atoms with van der Waals surface area (Å²) in [6.07, 6.45) is 1.62. The summed E-state index contributed by atoms with van der Waals surface area (Å²) < 4.78 is 0. The zero-order valence-electron chi connectivity index (χ0n) is 7.26. The highest BCUT2D eigenvalue weighted by molar-refractivity contribution is 5.56. The predicted octanol–water partition coefficient (Wildman–Crippen LogP) is 1.47. The van der Waals surface area contributed by atoms with Gasteiger partial charge in [-0.2, -0.15) is 0 Å². The van der Waals surface area contributed by atoms with E-state index in [0.29, 0.717) is 11.5 Å². The van der Waals surface area contributed by atoms with Gasteiger partial charge in [-0.1, -0.05) is 6.58 Å². The molecule has 2 N–H and O–H groups in total. The van der Waals surface area contributed by atoms with Gasteiger partial charge in [-0.3, -0.25) is 0 Å². The van der Waals surface area contributed by atoms with Gasteiger partial charge < -0.3 is 5.73 Å². The molecule has 0 aliphatic carbocycles. The second-order valence-electron chi connectivity index (χ2n) is 2.51. The minimum Gasteiger partial charge on any atom is -0.382 e. The van der Waals surface area contributed by atoms with Crippen molar-refractivity contribution in [3.8, 4) is 0 Å². The number of anilines is 1. The highest BCUT2D eigenvalue weighted by Crippen LogP contribution is 2.10. The molecule has 3 nitrogen and oxygen atoms in total. The molecule has 0 amide bonds. The Kier molecular flexibility index (Phi) is 2.26. The van der Waals surface area contributed by atoms with E-state index in [0.717, 1.165) is 11.4 Å². The fraction of sp³-hybridized carbons (Fsp3) is 0.222. The van der Waals surface area contributed by atoms with E-state index >= 15 is 0 Å². The summed E-state index contributed by atoms with van der Waals surface area (Å²) in [4.78, 5) is 8.32. The highest BCUT2D eigenvalue weighted by Gasteiger charge is 2.01. The Morgan fingerprint density at radius 3 is 2.50 bits per heavy atom. The lowest BCUT2D eigenvalue weighted by Gasteiger charge is -2.02. The number of nitrogens with two attached hydrogens (primary N) is 1. The SMILES string of the molecule is C=C=Cc1nc(C)c(C)nc1N. The Morgan fingerprint density at radius 1 is 1.33 bits per heavy atom. The van der Waals surface area contributed by atoms with Crippen molar-refractivity contribution in [2.24, 2.45) is 0 Å². The first-order valence-corrected chi connectivity index (χ1v) is 3.61. The Labute approximate surface area is 71.7 Å². The first kappa shape index (κ1) is 8.50. The molecular formula is C9H11N3. The van der Waals surface area contributed by atoms with E-state index < -0.39 is 0 Å². The monoisotopic (exact) mass is 161 g/mol. The number of hydrogen-bond acceptors (Lipinski definition) is 3. The van der Waals surface area contributed by atoms with Gasteiger partial charge in [0.15, 0.2) is 0 Å². The van der Waals surface area contributed by atoms with E-state index in [1.54, 1.807) is 6.08 Å². The lowest BCUT2D eigenvalue weighted by molar-refractivity contribution is 1.04. The lowest BCUT2D eigenvalue weighted by Crippen LogP contribution is -2.01. The van der Waals surface area contributed by atoms with Crippen LogP contribution in [0.25, 0.3) is 6.08 Å². The first-order chi connectivity index (χ1) is 5.65. The van der Waals surface area contributed by atoms with Gasteiger partial charge in [0.25, 0.3) is 0 Å². The van der Waals surface area contributed by atoms with Gasteiger partial charge in [0.05, 0.1) is 11.4 Å². The quantitative estimate of drug-likeness (QED) is 0.634. The predicted molar refractivity (Wildman–Crippen MR) is 49.5 cm³/mol. The Hall–Kier alpha value is -1.60. The van der Waals surface area contributed by atoms with E-state index in [4.69, 9.17) is 5.73 Å². The third-order valence-corrected chi connectivity index (χ3v) is 1.60. The molecule has 62 valence electrons. The summed E-state index contributed by atoms with van der Waals surface area (Å²) in [5.41, 5.74) is 10.6. The summed E-state index contributed by atoms with van der Waals surface area (Å²) in [7, 11) is 0. The number of nitrogen functional groups attached to an aromatic ring is 1. The van der Waals surface area contributed by atoms with Gasteiger partial charge in [0.2, 0.25) is 0 Å². The van der Waals surface area contributed by atoms with E-state index in [1.807, 2.05) is 13.8 Å². The molecule has 0 atom stereocenters. The Balaban J connectivity index is 3.32. The summed E-state index contributed by atoms with van der Waals surface area (Å²) >= 11 is 0. The zero-order valence-corrected chi connectivity index (χ0v) is 7.26. The van der Waals surface area contributed by atoms with Crippen molar-refractivity contribution in [3.63, 3.8) is 0 Å². The van der Waals surface area contributed by atoms with Crippen LogP contribution in [-0.2, 0) is 0 Å². The maximum atomic E-state index is 5.60. The van der Waals surface area contributed by atoms with Gasteiger partial charge in [-0.25, -0.2) is 9.97 Å². The summed E-state index contributed by atoms with van der Waals surface area (Å²) in [6, 6.07) is 0. The highest BCUT2D eigenvalue weighted by atomic mass is 14.9. The maximum Gasteiger partial charge on any atom is 0.150 e. The largest absolute Gasteiger partial charge is 0.382 e. The second-order valence-corrected chi connectivity index (χ2v) is 2.51. The molecule has 0 spiro atoms. The van der Waals surface area contributed by atoms with Gasteiger partial charge in [0.1, 0.15) is 11.5 Å². The molecule has 3 heteroatoms. The van der Waals surface area contributed by atoms with Crippen LogP contribution in [0.2, 0.25) is 0 Å². The van der Waals surface area contributed by atoms with E-state index in [9.17, 15) is 0 Å². The molecule has 12 heavy (non-hydrogen) atoms. The first-order valence-electron chi connectivity index (χ1n) is 3.61. The van der Waals surface area contributed by atoms with Crippen molar-refractivity contribution < 1.29 is 0 Å². The third kappa shape index (κ3) is 1.52. The average molecular weight is 161 g/mol. The molecule has 1 aromatic heterocycles. The number of aryl methyl sites for hydroxylation is 2. The maximum absolute atomic E-state index is 5.60. The average Bonchev–Trinajstić information content (AvgIpc) is 2.01. The number of nitrogens with zero attached hydrogens (tertiary/aromatic N) is 2. The Bertz CT molecular complexity index is 349. The summed E-state index contributed by atoms with van der Waals surface area (Å²) in [6.45, 7) is 7.21. The normalized spacial score (nSPS) is 9.17. The summed E-state index contributed by atoms with van der Waals surface area (Å²) in [5.74, 6) is 0.425. The molecule has 0 radical (unpaired) electrons. The standard InChI is InChI=1S/C9H11N3/c1-4-5-8-9(10)12-7(3)6(2)11-8/h5H,1H2,2-3H3,(H2,10,12). The van der Waals surface area contributed by atoms with Crippen molar-refractivity contribution in [1.82, 2.24) is 9.97 Å². The molecule has 0 saturated heterocycles. The van der Waals surface area contributed by atoms with Crippen LogP contribution >= 0.6 is 0 Å². The minimum absolute atomic E-state index is 0.425. The van der Waals surface area contributed by atoms with Gasteiger partial charge in [-0.15, -0.1) is 5.73 Å². The van der Waals surface area contributed by atoms with E-state index in [-0.39, 0.29) is 0 Å². The van der Waals surface area contributed by atoms with Crippen LogP contribution in [-0.4, -0.2) is 9.97 Å². The molecule has 0 bridgehead atoms. The molecule has 0 saturated carbocycles. The number of aromatic nitrogens is 2. The topological polar surface area (TPSA) is 51.8 Å². The van der Waals surface area contributed by atoms with Crippen LogP contribution in [0.15, 0.2) is 12.3 Å². The van der Waals surface area contributed by atoms with E-state index in [1.165, 1.54) is 0 Å². The fourth-order valence-electron chi connectivity index (χ4n) is 0.841. The summed E-state index contributed by atoms with van der Waals surface area (Å²) in [5, 5.41) is 0. The van der Waals surface area contributed by atoms with Crippen molar-refractivity contribution >= 4 is 11.9 Å². The number of rotatable bonds is 1. The molecule has 1 rings (SSSR count). The van der Waals surface area contributed by atoms with E-state index in [2.05, 4.69) is 22.3 Å². The van der Waals surface area contributed by atoms with Crippen LogP contribution in [0.3, 0.4) is 0 Å². The van der Waals surface area contributed by atoms with Crippen LogP contribution in [0.1, 0.15) is 17.1 Å². The number of hydrogen-bond donors (Lipinski definition) is 1. The van der Waals surface area contributed by atoms with Gasteiger partial charge in [0, 0.05) is 6.08 Å². The van der Waals surface area contributed by atoms with Crippen molar-refractivity contribution in [2.45, 2.75) is 13.8 Å². The Morgan fingerprint density at radius 2 is 1.92 bits per heavy atom. The van der Waals surface area contributed by atoms with Crippen molar-refractivity contribution in [3.05, 3.63) is 29.4 Å². The van der Waals surface area contributed by atoms with Crippen LogP contribution in [0.5, 0.6) is 0 Å². The van der Waals surface area contributed by atoms with Gasteiger partial charge >= 0.3 is 0 Å². The van der Waals surface area contributed by atoms with Gasteiger partial charge in [-0.05, 0) is 13.8 Å². The smallest absolute Gasteiger partial charge is 0.150 e. The molecular weight excluding hydrogens is 150 g/mol. The van der Waals surface area contributed by atoms with Crippen LogP contribution < -0.4 is 5.73 Å². The molecule has 0 aliphatic heterocycles. The minimum atomic E-state index is 0.425. The van der Waals surface area contributed by atoms with Crippen LogP contribution in [0.4, 0.5) is 5.82 Å². The zero-order chi connectivity index (χ0) is 9.14. The van der Waals surface area contributed by atoms with Crippen molar-refractivity contribution in [2.75, 3.05) is 5.73 Å².